The van der Waals surface area contributed by atoms with Crippen LogP contribution >= 0.6 is 18.5 Å². The molecule has 3 N–H and O–H groups in total. The number of ether oxygens (including phenoxy) is 1. The van der Waals surface area contributed by atoms with Crippen LogP contribution in [0.4, 0.5) is 28.9 Å². The Morgan fingerprint density at radius 2 is 1.89 bits per heavy atom. The van der Waals surface area contributed by atoms with Crippen molar-refractivity contribution in [2.45, 2.75) is 50.1 Å². The second-order valence-corrected chi connectivity index (χ2v) is 16.5. The quantitative estimate of drug-likeness (QED) is 0.152. The first-order valence-corrected chi connectivity index (χ1v) is 18.7. The predicted octanol–water partition coefficient (Wildman–Crippen LogP) is 6.08. The number of hydrogen-bond acceptors (Lipinski definition) is 7. The predicted molar refractivity (Wildman–Crippen MR) is 178 cm³/mol. The molecule has 0 spiro atoms. The maximum atomic E-state index is 14.8. The molecule has 5 rings (SSSR count). The van der Waals surface area contributed by atoms with E-state index < -0.39 is 32.0 Å². The van der Waals surface area contributed by atoms with E-state index in [1.54, 1.807) is 49.7 Å². The van der Waals surface area contributed by atoms with Crippen molar-refractivity contribution >= 4 is 51.2 Å². The maximum Gasteiger partial charge on any atom is 0.393 e. The molecule has 1 aromatic heterocycles. The van der Waals surface area contributed by atoms with Crippen LogP contribution in [0.15, 0.2) is 36.4 Å². The van der Waals surface area contributed by atoms with Gasteiger partial charge in [0, 0.05) is 43.3 Å². The van der Waals surface area contributed by atoms with Gasteiger partial charge in [-0.15, -0.1) is 11.3 Å². The third-order valence-electron chi connectivity index (χ3n) is 8.28. The maximum absolute atomic E-state index is 14.8. The lowest BCUT2D eigenvalue weighted by molar-refractivity contribution is -0.126. The van der Waals surface area contributed by atoms with E-state index in [1.165, 1.54) is 0 Å². The van der Waals surface area contributed by atoms with Crippen molar-refractivity contribution in [3.05, 3.63) is 52.4 Å². The number of anilines is 2. The highest BCUT2D eigenvalue weighted by Gasteiger charge is 2.32. The number of nitrogens with one attached hydrogen (secondary N) is 3. The number of thiophene rings is 1. The first kappa shape index (κ1) is 34.2. The van der Waals surface area contributed by atoms with Crippen LogP contribution in [0.25, 0.3) is 10.1 Å². The number of halogens is 4. The average molecular weight is 679 g/mol. The largest absolute Gasteiger partial charge is 0.393 e. The summed E-state index contributed by atoms with van der Waals surface area (Å²) in [6.07, 6.45) is -4.72. The van der Waals surface area contributed by atoms with E-state index in [0.717, 1.165) is 17.9 Å². The molecule has 1 amide bonds. The van der Waals surface area contributed by atoms with Gasteiger partial charge in [-0.2, -0.15) is 13.2 Å². The monoisotopic (exact) mass is 678 g/mol. The van der Waals surface area contributed by atoms with Crippen molar-refractivity contribution in [2.24, 2.45) is 0 Å². The number of carbonyl (C=O) groups is 1. The summed E-state index contributed by atoms with van der Waals surface area (Å²) >= 11 is 1.16. The lowest BCUT2D eigenvalue weighted by Gasteiger charge is -2.33. The molecule has 0 aliphatic carbocycles. The summed E-state index contributed by atoms with van der Waals surface area (Å²) in [5, 5.41) is 10.4. The minimum Gasteiger partial charge on any atom is -0.381 e. The molecule has 3 aromatic rings. The Morgan fingerprint density at radius 3 is 2.59 bits per heavy atom. The Kier molecular flexibility index (Phi) is 10.7. The number of nitrogens with zero attached hydrogens (tertiary/aromatic N) is 1. The van der Waals surface area contributed by atoms with Gasteiger partial charge in [-0.25, -0.2) is 4.39 Å². The van der Waals surface area contributed by atoms with Gasteiger partial charge in [-0.3, -0.25) is 4.79 Å². The highest BCUT2D eigenvalue weighted by atomic mass is 32.1. The number of likely N-dealkylation sites (tertiary alicyclic amines) is 1. The molecule has 2 aliphatic rings. The zero-order chi connectivity index (χ0) is 33.1. The average Bonchev–Trinajstić information content (AvgIpc) is 3.33. The van der Waals surface area contributed by atoms with Crippen LogP contribution in [0.5, 0.6) is 0 Å². The third kappa shape index (κ3) is 8.62. The van der Waals surface area contributed by atoms with Crippen molar-refractivity contribution in [3.8, 4) is 11.8 Å². The summed E-state index contributed by atoms with van der Waals surface area (Å²) in [7, 11) is -0.794. The molecular weight excluding hydrogens is 639 g/mol. The highest BCUT2D eigenvalue weighted by Crippen LogP contribution is 2.40. The van der Waals surface area contributed by atoms with Crippen molar-refractivity contribution in [3.63, 3.8) is 0 Å². The lowest BCUT2D eigenvalue weighted by atomic mass is 10.0. The lowest BCUT2D eigenvalue weighted by Crippen LogP contribution is -2.46. The van der Waals surface area contributed by atoms with Crippen molar-refractivity contribution in [1.82, 2.24) is 10.2 Å². The van der Waals surface area contributed by atoms with Gasteiger partial charge >= 0.3 is 6.18 Å². The van der Waals surface area contributed by atoms with Crippen molar-refractivity contribution in [1.29, 1.82) is 0 Å². The first-order valence-electron chi connectivity index (χ1n) is 15.3. The summed E-state index contributed by atoms with van der Waals surface area (Å²) in [5.74, 6) is 5.55. The minimum absolute atomic E-state index is 0.0396. The Bertz CT molecular complexity index is 1670. The van der Waals surface area contributed by atoms with Gasteiger partial charge in [0.15, 0.2) is 0 Å². The summed E-state index contributed by atoms with van der Waals surface area (Å²) in [6.45, 7) is 5.45. The third-order valence-corrected chi connectivity index (χ3v) is 11.0. The SMILES string of the molecule is CN1CC[C@@H](Nc2cccc3c(CC(F)(F)F)c(C#CCNc4ccc(P(C)(C)=O)cc4C(=O)NC4CCOCC4)sc23)[C@@H](F)C1. The molecule has 3 heterocycles. The van der Waals surface area contributed by atoms with E-state index in [0.29, 0.717) is 71.3 Å². The van der Waals surface area contributed by atoms with Crippen LogP contribution in [0.2, 0.25) is 0 Å². The number of piperidine rings is 1. The van der Waals surface area contributed by atoms with Crippen LogP contribution in [0, 0.1) is 11.8 Å². The van der Waals surface area contributed by atoms with E-state index >= 15 is 0 Å². The van der Waals surface area contributed by atoms with Gasteiger partial charge in [0.05, 0.1) is 39.8 Å². The fourth-order valence-electron chi connectivity index (χ4n) is 5.76. The Labute approximate surface area is 270 Å². The molecule has 2 atom stereocenters. The number of amides is 1. The number of benzene rings is 2. The fraction of sp³-hybridized carbons (Fsp3) is 0.485. The van der Waals surface area contributed by atoms with Crippen LogP contribution < -0.4 is 21.3 Å². The highest BCUT2D eigenvalue weighted by molar-refractivity contribution is 7.70. The molecule has 46 heavy (non-hydrogen) atoms. The number of alkyl halides is 4. The van der Waals surface area contributed by atoms with Gasteiger partial charge < -0.3 is 30.2 Å². The molecule has 13 heteroatoms. The second-order valence-electron chi connectivity index (χ2n) is 12.3. The van der Waals surface area contributed by atoms with Gasteiger partial charge in [-0.1, -0.05) is 24.0 Å². The van der Waals surface area contributed by atoms with Gasteiger partial charge in [0.2, 0.25) is 0 Å². The van der Waals surface area contributed by atoms with Gasteiger partial charge in [0.1, 0.15) is 13.3 Å². The van der Waals surface area contributed by atoms with Crippen molar-refractivity contribution < 1.29 is 31.7 Å². The number of carbonyl (C=O) groups excluding carboxylic acids is 1. The van der Waals surface area contributed by atoms with E-state index in [2.05, 4.69) is 27.8 Å². The van der Waals surface area contributed by atoms with Gasteiger partial charge in [0.25, 0.3) is 5.91 Å². The smallest absolute Gasteiger partial charge is 0.381 e. The fourth-order valence-corrected chi connectivity index (χ4v) is 7.80. The molecule has 2 fully saturated rings. The number of rotatable bonds is 8. The van der Waals surface area contributed by atoms with Crippen LogP contribution in [0.3, 0.4) is 0 Å². The molecule has 2 saturated heterocycles. The molecule has 2 aromatic carbocycles. The summed E-state index contributed by atoms with van der Waals surface area (Å²) in [6, 6.07) is 9.63. The van der Waals surface area contributed by atoms with E-state index in [9.17, 15) is 26.9 Å². The molecule has 2 aliphatic heterocycles. The molecule has 248 valence electrons. The summed E-state index contributed by atoms with van der Waals surface area (Å²) in [5.41, 5.74) is 1.49. The standard InChI is InChI=1S/C33H39F4N4O3PS/c1-41-15-11-28(26(34)20-41)40-29-7-4-6-23-25(19-33(35,36)37)30(46-31(23)29)8-5-14-38-27-10-9-22(45(2,3)43)18-24(27)32(42)39-21-12-16-44-17-13-21/h4,6-7,9-10,18,21,26,28,38,40H,11-17,19-20H2,1-3H3,(H,39,42)/t26-,28+/m0/s1. The molecule has 0 saturated carbocycles. The van der Waals surface area contributed by atoms with Crippen LogP contribution in [-0.2, 0) is 15.7 Å². The summed E-state index contributed by atoms with van der Waals surface area (Å²) in [4.78, 5) is 15.5. The Morgan fingerprint density at radius 1 is 1.13 bits per heavy atom. The normalized spacial score (nSPS) is 19.8. The topological polar surface area (TPSA) is 82.7 Å². The molecule has 7 nitrogen and oxygen atoms in total. The minimum atomic E-state index is -4.45. The molecule has 0 bridgehead atoms. The molecule has 0 unspecified atom stereocenters. The molecular formula is C33H39F4N4O3PS. The van der Waals surface area contributed by atoms with E-state index in [1.807, 2.05) is 11.9 Å². The van der Waals surface area contributed by atoms with E-state index in [-0.39, 0.29) is 28.9 Å². The number of hydrogen-bond donors (Lipinski definition) is 3. The summed E-state index contributed by atoms with van der Waals surface area (Å²) < 4.78 is 74.7. The van der Waals surface area contributed by atoms with E-state index in [4.69, 9.17) is 4.74 Å². The zero-order valence-electron chi connectivity index (χ0n) is 26.1. The number of fused-ring (bicyclic) bond motifs is 1. The first-order chi connectivity index (χ1) is 21.8. The van der Waals surface area contributed by atoms with Crippen LogP contribution in [0.1, 0.15) is 40.1 Å². The van der Waals surface area contributed by atoms with Gasteiger partial charge in [-0.05, 0) is 74.9 Å². The zero-order valence-corrected chi connectivity index (χ0v) is 27.8. The molecule has 0 radical (unpaired) electrons. The van der Waals surface area contributed by atoms with Crippen LogP contribution in [-0.4, -0.2) is 88.5 Å². The Hall–Kier alpha value is -3.10. The Balaban J connectivity index is 1.40. The second kappa shape index (κ2) is 14.3. The van der Waals surface area contributed by atoms with Crippen molar-refractivity contribution in [2.75, 3.05) is 63.9 Å².